The van der Waals surface area contributed by atoms with Crippen LogP contribution >= 0.6 is 0 Å². The molecule has 0 aliphatic heterocycles. The highest BCUT2D eigenvalue weighted by Gasteiger charge is 2.53. The molecule has 4 aliphatic carbocycles. The van der Waals surface area contributed by atoms with Crippen molar-refractivity contribution in [1.82, 2.24) is 0 Å². The van der Waals surface area contributed by atoms with Gasteiger partial charge in [0.15, 0.2) is 5.78 Å². The van der Waals surface area contributed by atoms with Crippen LogP contribution in [0.15, 0.2) is 12.3 Å². The number of carbonyl (C=O) groups is 1. The van der Waals surface area contributed by atoms with E-state index in [1.54, 1.807) is 0 Å². The van der Waals surface area contributed by atoms with E-state index in [1.807, 2.05) is 0 Å². The molecule has 4 aliphatic rings. The van der Waals surface area contributed by atoms with Gasteiger partial charge in [-0.15, -0.1) is 0 Å². The van der Waals surface area contributed by atoms with Crippen LogP contribution in [-0.2, 0) is 4.79 Å². The third kappa shape index (κ3) is 1.34. The summed E-state index contributed by atoms with van der Waals surface area (Å²) < 4.78 is 0. The molecule has 0 radical (unpaired) electrons. The van der Waals surface area contributed by atoms with E-state index >= 15 is 0 Å². The Hall–Kier alpha value is -0.790. The highest BCUT2D eigenvalue weighted by molar-refractivity contribution is 5.95. The van der Waals surface area contributed by atoms with Gasteiger partial charge >= 0.3 is 0 Å². The zero-order valence-corrected chi connectivity index (χ0v) is 8.98. The van der Waals surface area contributed by atoms with Gasteiger partial charge in [-0.05, 0) is 56.3 Å². The lowest BCUT2D eigenvalue weighted by atomic mass is 9.48. The predicted octanol–water partition coefficient (Wildman–Crippen LogP) is 2.84. The first-order valence-corrected chi connectivity index (χ1v) is 6.07. The highest BCUT2D eigenvalue weighted by atomic mass is 16.2. The van der Waals surface area contributed by atoms with Gasteiger partial charge in [-0.3, -0.25) is 4.79 Å². The molecule has 0 aromatic carbocycles. The van der Waals surface area contributed by atoms with Crippen molar-refractivity contribution in [1.29, 1.82) is 0 Å². The monoisotopic (exact) mass is 206 g/mol. The van der Waals surface area contributed by atoms with Crippen LogP contribution in [-0.4, -0.2) is 10.9 Å². The van der Waals surface area contributed by atoms with Crippen LogP contribution in [0, 0.1) is 23.2 Å². The Morgan fingerprint density at radius 3 is 1.93 bits per heavy atom. The molecule has 0 saturated heterocycles. The average molecular weight is 206 g/mol. The molecule has 4 bridgehead atoms. The number of hydrogen-bond donors (Lipinski definition) is 1. The van der Waals surface area contributed by atoms with Crippen molar-refractivity contribution in [2.45, 2.75) is 38.5 Å². The van der Waals surface area contributed by atoms with Gasteiger partial charge in [0.2, 0.25) is 0 Å². The quantitative estimate of drug-likeness (QED) is 0.557. The SMILES string of the molecule is O=C(C=CO)C12CC3CC(CC(C3)C1)C2. The highest BCUT2D eigenvalue weighted by Crippen LogP contribution is 2.60. The van der Waals surface area contributed by atoms with Crippen LogP contribution in [0.25, 0.3) is 0 Å². The molecular weight excluding hydrogens is 188 g/mol. The summed E-state index contributed by atoms with van der Waals surface area (Å²) in [5, 5.41) is 8.74. The maximum Gasteiger partial charge on any atom is 0.164 e. The predicted molar refractivity (Wildman–Crippen MR) is 57.4 cm³/mol. The molecule has 0 atom stereocenters. The summed E-state index contributed by atoms with van der Waals surface area (Å²) in [6.07, 6.45) is 9.63. The summed E-state index contributed by atoms with van der Waals surface area (Å²) in [7, 11) is 0. The molecule has 4 fully saturated rings. The van der Waals surface area contributed by atoms with Gasteiger partial charge in [-0.25, -0.2) is 0 Å². The molecule has 4 saturated carbocycles. The van der Waals surface area contributed by atoms with E-state index in [1.165, 1.54) is 25.3 Å². The maximum atomic E-state index is 12.0. The molecule has 0 amide bonds. The molecule has 4 rings (SSSR count). The van der Waals surface area contributed by atoms with Gasteiger partial charge in [0, 0.05) is 11.5 Å². The topological polar surface area (TPSA) is 37.3 Å². The number of carbonyl (C=O) groups excluding carboxylic acids is 1. The molecule has 2 nitrogen and oxygen atoms in total. The first kappa shape index (κ1) is 9.44. The van der Waals surface area contributed by atoms with Gasteiger partial charge in [-0.1, -0.05) is 0 Å². The Kier molecular flexibility index (Phi) is 1.95. The largest absolute Gasteiger partial charge is 0.515 e. The second-order valence-corrected chi connectivity index (χ2v) is 5.88. The van der Waals surface area contributed by atoms with Crippen LogP contribution in [0.5, 0.6) is 0 Å². The van der Waals surface area contributed by atoms with Crippen molar-refractivity contribution < 1.29 is 9.90 Å². The van der Waals surface area contributed by atoms with E-state index in [9.17, 15) is 4.79 Å². The van der Waals surface area contributed by atoms with Gasteiger partial charge in [-0.2, -0.15) is 0 Å². The van der Waals surface area contributed by atoms with E-state index in [4.69, 9.17) is 5.11 Å². The summed E-state index contributed by atoms with van der Waals surface area (Å²) in [6, 6.07) is 0. The smallest absolute Gasteiger partial charge is 0.164 e. The van der Waals surface area contributed by atoms with Crippen molar-refractivity contribution in [3.05, 3.63) is 12.3 Å². The van der Waals surface area contributed by atoms with Crippen molar-refractivity contribution >= 4 is 5.78 Å². The third-order valence-electron chi connectivity index (χ3n) is 4.79. The summed E-state index contributed by atoms with van der Waals surface area (Å²) in [5.41, 5.74) is -0.0754. The summed E-state index contributed by atoms with van der Waals surface area (Å²) in [4.78, 5) is 12.0. The Morgan fingerprint density at radius 2 is 1.53 bits per heavy atom. The fourth-order valence-electron chi connectivity index (χ4n) is 4.66. The summed E-state index contributed by atoms with van der Waals surface area (Å²) in [5.74, 6) is 2.58. The second-order valence-electron chi connectivity index (χ2n) is 5.88. The summed E-state index contributed by atoms with van der Waals surface area (Å²) in [6.45, 7) is 0. The molecule has 1 N–H and O–H groups in total. The molecule has 0 spiro atoms. The lowest BCUT2D eigenvalue weighted by Crippen LogP contribution is -2.49. The molecular formula is C13H18O2. The Morgan fingerprint density at radius 1 is 1.07 bits per heavy atom. The van der Waals surface area contributed by atoms with Crippen molar-refractivity contribution in [2.75, 3.05) is 0 Å². The molecule has 15 heavy (non-hydrogen) atoms. The lowest BCUT2D eigenvalue weighted by Gasteiger charge is -2.55. The van der Waals surface area contributed by atoms with Crippen LogP contribution in [0.2, 0.25) is 0 Å². The first-order chi connectivity index (χ1) is 7.22. The van der Waals surface area contributed by atoms with Crippen molar-refractivity contribution in [2.24, 2.45) is 23.2 Å². The molecule has 0 aromatic heterocycles. The van der Waals surface area contributed by atoms with E-state index in [0.717, 1.165) is 43.3 Å². The Balaban J connectivity index is 1.89. The van der Waals surface area contributed by atoms with E-state index in [-0.39, 0.29) is 11.2 Å². The zero-order chi connectivity index (χ0) is 10.5. The fraction of sp³-hybridized carbons (Fsp3) is 0.769. The van der Waals surface area contributed by atoms with Crippen LogP contribution in [0.4, 0.5) is 0 Å². The molecule has 0 heterocycles. The standard InChI is InChI=1S/C13H18O2/c14-2-1-12(15)13-6-9-3-10(7-13)5-11(4-9)8-13/h1-2,9-11,14H,3-8H2. The third-order valence-corrected chi connectivity index (χ3v) is 4.79. The number of allylic oxidation sites excluding steroid dienone is 1. The van der Waals surface area contributed by atoms with Gasteiger partial charge in [0.25, 0.3) is 0 Å². The van der Waals surface area contributed by atoms with E-state index < -0.39 is 0 Å². The van der Waals surface area contributed by atoms with E-state index in [0.29, 0.717) is 0 Å². The van der Waals surface area contributed by atoms with Crippen LogP contribution < -0.4 is 0 Å². The van der Waals surface area contributed by atoms with E-state index in [2.05, 4.69) is 0 Å². The minimum Gasteiger partial charge on any atom is -0.515 e. The lowest BCUT2D eigenvalue weighted by molar-refractivity contribution is -0.138. The summed E-state index contributed by atoms with van der Waals surface area (Å²) >= 11 is 0. The Bertz CT molecular complexity index is 281. The molecule has 82 valence electrons. The van der Waals surface area contributed by atoms with Gasteiger partial charge in [0.1, 0.15) is 0 Å². The average Bonchev–Trinajstić information content (AvgIpc) is 2.15. The minimum atomic E-state index is -0.0754. The van der Waals surface area contributed by atoms with Crippen LogP contribution in [0.1, 0.15) is 38.5 Å². The Labute approximate surface area is 90.4 Å². The minimum absolute atomic E-state index is 0.0754. The van der Waals surface area contributed by atoms with Crippen molar-refractivity contribution in [3.8, 4) is 0 Å². The molecule has 0 aromatic rings. The van der Waals surface area contributed by atoms with Gasteiger partial charge < -0.3 is 5.11 Å². The fourth-order valence-corrected chi connectivity index (χ4v) is 4.66. The number of rotatable bonds is 2. The number of hydrogen-bond acceptors (Lipinski definition) is 2. The number of aliphatic hydroxyl groups excluding tert-OH is 1. The molecule has 2 heteroatoms. The zero-order valence-electron chi connectivity index (χ0n) is 8.98. The number of ketones is 1. The normalized spacial score (nSPS) is 47.6. The maximum absolute atomic E-state index is 12.0. The van der Waals surface area contributed by atoms with Crippen LogP contribution in [0.3, 0.4) is 0 Å². The van der Waals surface area contributed by atoms with Gasteiger partial charge in [0.05, 0.1) is 6.26 Å². The van der Waals surface area contributed by atoms with Crippen molar-refractivity contribution in [3.63, 3.8) is 0 Å². The molecule has 0 unspecified atom stereocenters. The number of aliphatic hydroxyl groups is 1. The second kappa shape index (κ2) is 3.10. The first-order valence-electron chi connectivity index (χ1n) is 6.07.